The number of rotatable bonds is 5. The fraction of sp³-hybridized carbons (Fsp3) is 0.190. The van der Waals surface area contributed by atoms with Crippen molar-refractivity contribution in [2.24, 2.45) is 0 Å². The average molecular weight is 426 g/mol. The summed E-state index contributed by atoms with van der Waals surface area (Å²) in [5.41, 5.74) is 0.992. The van der Waals surface area contributed by atoms with Gasteiger partial charge in [-0.1, -0.05) is 17.7 Å². The summed E-state index contributed by atoms with van der Waals surface area (Å²) in [6.45, 7) is 1.40. The average Bonchev–Trinajstić information content (AvgIpc) is 3.06. The molecule has 1 heterocycles. The lowest BCUT2D eigenvalue weighted by Gasteiger charge is -2.16. The van der Waals surface area contributed by atoms with Gasteiger partial charge in [0.05, 0.1) is 21.8 Å². The van der Waals surface area contributed by atoms with Gasteiger partial charge in [-0.2, -0.15) is 5.26 Å². The minimum absolute atomic E-state index is 0.0982. The number of carbonyl (C=O) groups is 4. The molecule has 0 saturated carbocycles. The van der Waals surface area contributed by atoms with Crippen molar-refractivity contribution in [3.63, 3.8) is 0 Å². The van der Waals surface area contributed by atoms with Crippen molar-refractivity contribution >= 4 is 46.7 Å². The molecule has 3 amide bonds. The second-order valence-corrected chi connectivity index (χ2v) is 6.92. The van der Waals surface area contributed by atoms with E-state index in [9.17, 15) is 19.2 Å². The highest BCUT2D eigenvalue weighted by Gasteiger charge is 2.30. The number of nitriles is 1. The first kappa shape index (κ1) is 21.0. The Labute approximate surface area is 177 Å². The molecule has 1 atom stereocenters. The van der Waals surface area contributed by atoms with Crippen LogP contribution >= 0.6 is 11.6 Å². The Balaban J connectivity index is 1.67. The number of imide groups is 1. The van der Waals surface area contributed by atoms with E-state index in [0.717, 1.165) is 4.90 Å². The van der Waals surface area contributed by atoms with Gasteiger partial charge in [-0.05, 0) is 43.3 Å². The highest BCUT2D eigenvalue weighted by molar-refractivity contribution is 6.32. The molecule has 1 unspecified atom stereocenters. The SMILES string of the molecule is CC(OC(=O)c1cccc(N2C(=O)CCC2=O)c1)C(=O)Nc1ccc(C#N)c(Cl)c1. The lowest BCUT2D eigenvalue weighted by molar-refractivity contribution is -0.124. The van der Waals surface area contributed by atoms with E-state index in [1.54, 1.807) is 6.07 Å². The second-order valence-electron chi connectivity index (χ2n) is 6.52. The van der Waals surface area contributed by atoms with E-state index in [0.29, 0.717) is 5.69 Å². The number of benzene rings is 2. The molecule has 0 radical (unpaired) electrons. The Kier molecular flexibility index (Phi) is 6.14. The smallest absolute Gasteiger partial charge is 0.338 e. The van der Waals surface area contributed by atoms with Gasteiger partial charge in [0.1, 0.15) is 6.07 Å². The van der Waals surface area contributed by atoms with Gasteiger partial charge in [-0.25, -0.2) is 4.79 Å². The first-order valence-corrected chi connectivity index (χ1v) is 9.35. The Hall–Kier alpha value is -3.70. The van der Waals surface area contributed by atoms with Crippen molar-refractivity contribution < 1.29 is 23.9 Å². The van der Waals surface area contributed by atoms with Gasteiger partial charge >= 0.3 is 5.97 Å². The molecule has 1 saturated heterocycles. The zero-order valence-corrected chi connectivity index (χ0v) is 16.6. The summed E-state index contributed by atoms with van der Waals surface area (Å²) in [5, 5.41) is 11.6. The van der Waals surface area contributed by atoms with Gasteiger partial charge in [0.25, 0.3) is 5.91 Å². The molecule has 1 aliphatic heterocycles. The fourth-order valence-electron chi connectivity index (χ4n) is 2.85. The maximum atomic E-state index is 12.4. The topological polar surface area (TPSA) is 117 Å². The van der Waals surface area contributed by atoms with Crippen LogP contribution in [0.15, 0.2) is 42.5 Å². The van der Waals surface area contributed by atoms with Crippen molar-refractivity contribution in [1.29, 1.82) is 5.26 Å². The van der Waals surface area contributed by atoms with Crippen LogP contribution in [0.25, 0.3) is 0 Å². The van der Waals surface area contributed by atoms with Gasteiger partial charge in [-0.3, -0.25) is 19.3 Å². The number of amides is 3. The quantitative estimate of drug-likeness (QED) is 0.581. The lowest BCUT2D eigenvalue weighted by Crippen LogP contribution is -2.30. The van der Waals surface area contributed by atoms with Crippen LogP contribution in [0.2, 0.25) is 5.02 Å². The van der Waals surface area contributed by atoms with Crippen LogP contribution in [0.3, 0.4) is 0 Å². The predicted molar refractivity (Wildman–Crippen MR) is 108 cm³/mol. The van der Waals surface area contributed by atoms with Gasteiger partial charge in [-0.15, -0.1) is 0 Å². The third-order valence-electron chi connectivity index (χ3n) is 4.40. The number of halogens is 1. The van der Waals surface area contributed by atoms with Crippen LogP contribution in [0.5, 0.6) is 0 Å². The first-order valence-electron chi connectivity index (χ1n) is 8.97. The minimum atomic E-state index is -1.13. The fourth-order valence-corrected chi connectivity index (χ4v) is 3.07. The largest absolute Gasteiger partial charge is 0.449 e. The summed E-state index contributed by atoms with van der Waals surface area (Å²) < 4.78 is 5.19. The standard InChI is InChI=1S/C21H16ClN3O5/c1-12(20(28)24-15-6-5-14(11-23)17(22)10-15)30-21(29)13-3-2-4-16(9-13)25-18(26)7-8-19(25)27/h2-6,9-10,12H,7-8H2,1H3,(H,24,28). The number of carbonyl (C=O) groups excluding carboxylic acids is 4. The molecule has 9 heteroatoms. The molecule has 1 fully saturated rings. The zero-order valence-electron chi connectivity index (χ0n) is 15.8. The summed E-state index contributed by atoms with van der Waals surface area (Å²) in [6.07, 6.45) is -0.876. The number of hydrogen-bond acceptors (Lipinski definition) is 6. The molecule has 0 bridgehead atoms. The van der Waals surface area contributed by atoms with E-state index in [2.05, 4.69) is 5.32 Å². The van der Waals surface area contributed by atoms with Crippen LogP contribution in [0.4, 0.5) is 11.4 Å². The number of anilines is 2. The summed E-state index contributed by atoms with van der Waals surface area (Å²) in [6, 6.07) is 12.2. The van der Waals surface area contributed by atoms with Crippen molar-refractivity contribution in [2.45, 2.75) is 25.9 Å². The normalized spacial score (nSPS) is 14.2. The first-order chi connectivity index (χ1) is 14.3. The minimum Gasteiger partial charge on any atom is -0.449 e. The van der Waals surface area contributed by atoms with E-state index in [1.165, 1.54) is 43.3 Å². The molecule has 152 valence electrons. The molecule has 0 spiro atoms. The Morgan fingerprint density at radius 3 is 2.50 bits per heavy atom. The number of ether oxygens (including phenoxy) is 1. The Bertz CT molecular complexity index is 1080. The van der Waals surface area contributed by atoms with Crippen LogP contribution in [-0.4, -0.2) is 29.8 Å². The van der Waals surface area contributed by atoms with Crippen LogP contribution in [-0.2, 0) is 19.1 Å². The van der Waals surface area contributed by atoms with E-state index >= 15 is 0 Å². The van der Waals surface area contributed by atoms with Crippen LogP contribution in [0, 0.1) is 11.3 Å². The molecule has 0 aromatic heterocycles. The number of nitrogens with zero attached hydrogens (tertiary/aromatic N) is 2. The molecule has 3 rings (SSSR count). The van der Waals surface area contributed by atoms with Crippen LogP contribution < -0.4 is 10.2 Å². The van der Waals surface area contributed by atoms with Gasteiger partial charge in [0.15, 0.2) is 6.10 Å². The lowest BCUT2D eigenvalue weighted by atomic mass is 10.2. The molecule has 2 aromatic carbocycles. The molecule has 1 N–H and O–H groups in total. The van der Waals surface area contributed by atoms with Gasteiger partial charge < -0.3 is 10.1 Å². The zero-order chi connectivity index (χ0) is 21.8. The Morgan fingerprint density at radius 1 is 1.17 bits per heavy atom. The van der Waals surface area contributed by atoms with E-state index < -0.39 is 18.0 Å². The summed E-state index contributed by atoms with van der Waals surface area (Å²) in [4.78, 5) is 49.5. The third kappa shape index (κ3) is 4.47. The summed E-state index contributed by atoms with van der Waals surface area (Å²) in [7, 11) is 0. The van der Waals surface area contributed by atoms with Crippen LogP contribution in [0.1, 0.15) is 35.7 Å². The molecule has 0 aliphatic carbocycles. The number of hydrogen-bond donors (Lipinski definition) is 1. The molecule has 2 aromatic rings. The number of esters is 1. The number of nitrogens with one attached hydrogen (secondary N) is 1. The molecular weight excluding hydrogens is 410 g/mol. The van der Waals surface area contributed by atoms with Crippen molar-refractivity contribution in [3.8, 4) is 6.07 Å². The molecule has 8 nitrogen and oxygen atoms in total. The second kappa shape index (κ2) is 8.76. The summed E-state index contributed by atoms with van der Waals surface area (Å²) >= 11 is 5.94. The predicted octanol–water partition coefficient (Wildman–Crippen LogP) is 3.05. The molecular formula is C21H16ClN3O5. The van der Waals surface area contributed by atoms with E-state index in [4.69, 9.17) is 21.6 Å². The van der Waals surface area contributed by atoms with Crippen molar-refractivity contribution in [1.82, 2.24) is 0 Å². The monoisotopic (exact) mass is 425 g/mol. The maximum Gasteiger partial charge on any atom is 0.338 e. The van der Waals surface area contributed by atoms with E-state index in [-0.39, 0.29) is 46.5 Å². The highest BCUT2D eigenvalue weighted by atomic mass is 35.5. The maximum absolute atomic E-state index is 12.4. The van der Waals surface area contributed by atoms with Gasteiger partial charge in [0, 0.05) is 18.5 Å². The highest BCUT2D eigenvalue weighted by Crippen LogP contribution is 2.24. The van der Waals surface area contributed by atoms with Crippen molar-refractivity contribution in [3.05, 3.63) is 58.6 Å². The molecule has 1 aliphatic rings. The third-order valence-corrected chi connectivity index (χ3v) is 4.71. The van der Waals surface area contributed by atoms with E-state index in [1.807, 2.05) is 6.07 Å². The molecule has 30 heavy (non-hydrogen) atoms. The van der Waals surface area contributed by atoms with Crippen molar-refractivity contribution in [2.75, 3.05) is 10.2 Å². The van der Waals surface area contributed by atoms with Gasteiger partial charge in [0.2, 0.25) is 11.8 Å². The summed E-state index contributed by atoms with van der Waals surface area (Å²) in [5.74, 6) is -2.04. The Morgan fingerprint density at radius 2 is 1.87 bits per heavy atom.